The fourth-order valence-corrected chi connectivity index (χ4v) is 6.90. The van der Waals surface area contributed by atoms with Crippen molar-refractivity contribution in [2.45, 2.75) is 33.7 Å². The first-order valence-corrected chi connectivity index (χ1v) is 14.7. The Hall–Kier alpha value is -4.76. The van der Waals surface area contributed by atoms with E-state index < -0.39 is 12.0 Å². The number of carbonyl (C=O) groups excluding carboxylic acids is 1. The van der Waals surface area contributed by atoms with Crippen LogP contribution >= 0.6 is 11.3 Å². The number of rotatable bonds is 6. The molecule has 0 amide bonds. The van der Waals surface area contributed by atoms with Gasteiger partial charge in [-0.2, -0.15) is 0 Å². The van der Waals surface area contributed by atoms with Gasteiger partial charge in [0.05, 0.1) is 29.5 Å². The average Bonchev–Trinajstić information content (AvgIpc) is 3.45. The normalized spacial score (nSPS) is 15.0. The zero-order chi connectivity index (χ0) is 30.4. The van der Waals surface area contributed by atoms with Crippen molar-refractivity contribution in [3.63, 3.8) is 0 Å². The Balaban J connectivity index is 1.60. The molecule has 0 fully saturated rings. The molecule has 3 aromatic carbocycles. The monoisotopic (exact) mass is 595 g/mol. The Labute approximate surface area is 251 Å². The van der Waals surface area contributed by atoms with Crippen molar-refractivity contribution >= 4 is 34.2 Å². The minimum atomic E-state index is -0.815. The molecule has 218 valence electrons. The van der Waals surface area contributed by atoms with E-state index >= 15 is 0 Å². The maximum Gasteiger partial charge on any atom is 0.338 e. The Morgan fingerprint density at radius 2 is 1.81 bits per heavy atom. The highest BCUT2D eigenvalue weighted by Crippen LogP contribution is 2.40. The van der Waals surface area contributed by atoms with Gasteiger partial charge in [-0.1, -0.05) is 41.7 Å². The number of thiazole rings is 1. The van der Waals surface area contributed by atoms with E-state index in [9.17, 15) is 14.0 Å². The Morgan fingerprint density at radius 1 is 1.07 bits per heavy atom. The lowest BCUT2D eigenvalue weighted by molar-refractivity contribution is -0.139. The van der Waals surface area contributed by atoms with Crippen LogP contribution in [0.2, 0.25) is 0 Å². The highest BCUT2D eigenvalue weighted by Gasteiger charge is 2.36. The first-order chi connectivity index (χ1) is 20.7. The van der Waals surface area contributed by atoms with E-state index in [2.05, 4.69) is 0 Å². The second kappa shape index (κ2) is 11.1. The molecule has 43 heavy (non-hydrogen) atoms. The minimum Gasteiger partial charge on any atom is -0.496 e. The molecule has 1 aliphatic heterocycles. The molecule has 1 atom stereocenters. The third-order valence-corrected chi connectivity index (χ3v) is 8.77. The van der Waals surface area contributed by atoms with Gasteiger partial charge in [0.1, 0.15) is 17.6 Å². The summed E-state index contributed by atoms with van der Waals surface area (Å²) in [5, 5.41) is 1.81. The number of nitrogens with zero attached hydrogens (tertiary/aromatic N) is 3. The Kier molecular flexibility index (Phi) is 7.35. The number of esters is 1. The van der Waals surface area contributed by atoms with Crippen LogP contribution in [0.1, 0.15) is 42.4 Å². The van der Waals surface area contributed by atoms with Crippen molar-refractivity contribution in [3.05, 3.63) is 126 Å². The molecule has 9 heteroatoms. The lowest BCUT2D eigenvalue weighted by Crippen LogP contribution is -2.40. The highest BCUT2D eigenvalue weighted by molar-refractivity contribution is 7.07. The fraction of sp³-hybridized carbons (Fsp3) is 0.206. The van der Waals surface area contributed by atoms with Gasteiger partial charge in [-0.3, -0.25) is 9.36 Å². The SMILES string of the molecule is CCOC(=O)C1=C(C)N=c2s/c(=C\c3cc(C)n(-c4ccc(F)cc4)c3C)c(=O)n2[C@H]1c1c(OC)ccc2ccccc12. The van der Waals surface area contributed by atoms with Crippen LogP contribution in [0.25, 0.3) is 22.5 Å². The van der Waals surface area contributed by atoms with E-state index in [1.165, 1.54) is 23.5 Å². The summed E-state index contributed by atoms with van der Waals surface area (Å²) in [6, 6.07) is 19.1. The van der Waals surface area contributed by atoms with Crippen molar-refractivity contribution < 1.29 is 18.7 Å². The van der Waals surface area contributed by atoms with E-state index in [-0.39, 0.29) is 18.0 Å². The molecule has 6 rings (SSSR count). The maximum atomic E-state index is 14.3. The second-order valence-electron chi connectivity index (χ2n) is 10.3. The van der Waals surface area contributed by atoms with Crippen molar-refractivity contribution in [1.29, 1.82) is 0 Å². The van der Waals surface area contributed by atoms with Gasteiger partial charge in [-0.15, -0.1) is 0 Å². The summed E-state index contributed by atoms with van der Waals surface area (Å²) in [6.45, 7) is 7.63. The predicted molar refractivity (Wildman–Crippen MR) is 166 cm³/mol. The van der Waals surface area contributed by atoms with Crippen LogP contribution in [-0.2, 0) is 9.53 Å². The van der Waals surface area contributed by atoms with Crippen LogP contribution in [0.4, 0.5) is 4.39 Å². The number of halogens is 1. The lowest BCUT2D eigenvalue weighted by atomic mass is 9.90. The quantitative estimate of drug-likeness (QED) is 0.243. The van der Waals surface area contributed by atoms with E-state index in [1.807, 2.05) is 67.0 Å². The summed E-state index contributed by atoms with van der Waals surface area (Å²) in [6.07, 6.45) is 1.85. The lowest BCUT2D eigenvalue weighted by Gasteiger charge is -2.27. The van der Waals surface area contributed by atoms with Crippen molar-refractivity contribution in [1.82, 2.24) is 9.13 Å². The number of benzene rings is 3. The number of fused-ring (bicyclic) bond motifs is 2. The van der Waals surface area contributed by atoms with Gasteiger partial charge in [0.25, 0.3) is 5.56 Å². The summed E-state index contributed by atoms with van der Waals surface area (Å²) in [7, 11) is 1.58. The van der Waals surface area contributed by atoms with Crippen molar-refractivity contribution in [3.8, 4) is 11.4 Å². The van der Waals surface area contributed by atoms with Crippen LogP contribution in [0.5, 0.6) is 5.75 Å². The molecule has 7 nitrogen and oxygen atoms in total. The van der Waals surface area contributed by atoms with Gasteiger partial charge < -0.3 is 14.0 Å². The molecular formula is C34H30FN3O4S. The number of allylic oxidation sites excluding steroid dienone is 1. The Bertz CT molecular complexity index is 2120. The zero-order valence-corrected chi connectivity index (χ0v) is 25.3. The fourth-order valence-electron chi connectivity index (χ4n) is 5.86. The minimum absolute atomic E-state index is 0.184. The maximum absolute atomic E-state index is 14.3. The molecule has 3 heterocycles. The number of hydrogen-bond acceptors (Lipinski definition) is 6. The van der Waals surface area contributed by atoms with Crippen LogP contribution in [0, 0.1) is 19.7 Å². The average molecular weight is 596 g/mol. The third kappa shape index (κ3) is 4.79. The molecule has 1 aliphatic rings. The third-order valence-electron chi connectivity index (χ3n) is 7.78. The highest BCUT2D eigenvalue weighted by atomic mass is 32.1. The van der Waals surface area contributed by atoms with E-state index in [1.54, 1.807) is 37.7 Å². The molecule has 5 aromatic rings. The van der Waals surface area contributed by atoms with Crippen LogP contribution in [0.15, 0.2) is 87.8 Å². The Morgan fingerprint density at radius 3 is 2.53 bits per heavy atom. The smallest absolute Gasteiger partial charge is 0.338 e. The van der Waals surface area contributed by atoms with E-state index in [4.69, 9.17) is 14.5 Å². The van der Waals surface area contributed by atoms with Gasteiger partial charge in [-0.05, 0) is 86.5 Å². The second-order valence-corrected chi connectivity index (χ2v) is 11.4. The zero-order valence-electron chi connectivity index (χ0n) is 24.5. The summed E-state index contributed by atoms with van der Waals surface area (Å²) in [5.41, 5.74) is 4.74. The van der Waals surface area contributed by atoms with Gasteiger partial charge in [0, 0.05) is 22.6 Å². The van der Waals surface area contributed by atoms with Crippen LogP contribution < -0.4 is 19.6 Å². The molecule has 0 spiro atoms. The molecule has 0 saturated heterocycles. The molecule has 0 radical (unpaired) electrons. The van der Waals surface area contributed by atoms with Gasteiger partial charge in [0.15, 0.2) is 4.80 Å². The molecule has 0 N–H and O–H groups in total. The molecule has 2 aromatic heterocycles. The summed E-state index contributed by atoms with van der Waals surface area (Å²) in [5.74, 6) is -0.277. The van der Waals surface area contributed by atoms with Gasteiger partial charge >= 0.3 is 5.97 Å². The van der Waals surface area contributed by atoms with Crippen LogP contribution in [-0.4, -0.2) is 28.8 Å². The predicted octanol–water partition coefficient (Wildman–Crippen LogP) is 5.51. The molecule has 0 aliphatic carbocycles. The molecule has 0 bridgehead atoms. The van der Waals surface area contributed by atoms with Crippen LogP contribution in [0.3, 0.4) is 0 Å². The topological polar surface area (TPSA) is 74.8 Å². The summed E-state index contributed by atoms with van der Waals surface area (Å²) >= 11 is 1.27. The summed E-state index contributed by atoms with van der Waals surface area (Å²) in [4.78, 5) is 33.0. The largest absolute Gasteiger partial charge is 0.496 e. The number of hydrogen-bond donors (Lipinski definition) is 0. The molecule has 0 unspecified atom stereocenters. The molecule has 0 saturated carbocycles. The van der Waals surface area contributed by atoms with E-state index in [0.717, 1.165) is 33.4 Å². The standard InChI is InChI=1S/C34H30FN3O4S/c1-6-42-33(40)29-20(3)36-34-38(31(29)30-26-10-8-7-9-22(26)11-16-27(30)41-5)32(39)28(43-34)18-23-17-19(2)37(21(23)4)25-14-12-24(35)13-15-25/h7-18,31H,6H2,1-5H3/b28-18-/t31-/m1/s1. The van der Waals surface area contributed by atoms with Crippen molar-refractivity contribution in [2.24, 2.45) is 4.99 Å². The number of methoxy groups -OCH3 is 1. The number of ether oxygens (including phenoxy) is 2. The number of aryl methyl sites for hydroxylation is 1. The molecular weight excluding hydrogens is 565 g/mol. The van der Waals surface area contributed by atoms with Crippen molar-refractivity contribution in [2.75, 3.05) is 13.7 Å². The number of carbonyl (C=O) groups is 1. The first kappa shape index (κ1) is 28.4. The summed E-state index contributed by atoms with van der Waals surface area (Å²) < 4.78 is 29.0. The van der Waals surface area contributed by atoms with Gasteiger partial charge in [0.2, 0.25) is 0 Å². The van der Waals surface area contributed by atoms with E-state index in [0.29, 0.717) is 31.9 Å². The van der Waals surface area contributed by atoms with Gasteiger partial charge in [-0.25, -0.2) is 14.2 Å². The first-order valence-electron chi connectivity index (χ1n) is 13.9. The number of aromatic nitrogens is 2.